The third-order valence-electron chi connectivity index (χ3n) is 4.54. The van der Waals surface area contributed by atoms with Gasteiger partial charge in [0.15, 0.2) is 0 Å². The second kappa shape index (κ2) is 7.78. The first-order valence-electron chi connectivity index (χ1n) is 9.69. The molecule has 0 saturated heterocycles. The number of hydrogen-bond acceptors (Lipinski definition) is 3. The normalized spacial score (nSPS) is 11.7. The summed E-state index contributed by atoms with van der Waals surface area (Å²) in [5, 5.41) is 11.2. The monoisotopic (exact) mass is 394 g/mol. The van der Waals surface area contributed by atoms with Gasteiger partial charge < -0.3 is 5.32 Å². The average Bonchev–Trinajstić information content (AvgIpc) is 3.12. The Morgan fingerprint density at radius 2 is 1.83 bits per heavy atom. The zero-order chi connectivity index (χ0) is 21.3. The van der Waals surface area contributed by atoms with Crippen molar-refractivity contribution in [1.29, 1.82) is 0 Å². The Hall–Kier alpha value is -3.02. The summed E-state index contributed by atoms with van der Waals surface area (Å²) in [7, 11) is 0. The van der Waals surface area contributed by atoms with Gasteiger partial charge in [0.2, 0.25) is 0 Å². The van der Waals surface area contributed by atoms with Gasteiger partial charge in [-0.05, 0) is 68.7 Å². The molecule has 1 amide bonds. The number of nitrogens with zero attached hydrogens (tertiary/aromatic N) is 3. The second-order valence-electron chi connectivity index (χ2n) is 8.65. The number of hydrogen-bond donors (Lipinski definition) is 1. The molecule has 0 aliphatic heterocycles. The van der Waals surface area contributed by atoms with Crippen LogP contribution in [0.15, 0.2) is 42.7 Å². The van der Waals surface area contributed by atoms with Gasteiger partial charge in [-0.3, -0.25) is 9.36 Å². The number of nitrogens with one attached hydrogen (secondary N) is 1. The van der Waals surface area contributed by atoms with E-state index in [0.29, 0.717) is 16.7 Å². The summed E-state index contributed by atoms with van der Waals surface area (Å²) < 4.78 is 16.1. The SMILES string of the molecule is Cc1ccc(-c2cc(C(=O)NC(C)(C)C)cc(-n3cnnc3C(C)C)c2)cc1F. The summed E-state index contributed by atoms with van der Waals surface area (Å²) in [6, 6.07) is 10.6. The van der Waals surface area contributed by atoms with E-state index in [2.05, 4.69) is 15.5 Å². The summed E-state index contributed by atoms with van der Waals surface area (Å²) in [5.41, 5.74) is 2.93. The van der Waals surface area contributed by atoms with Crippen molar-refractivity contribution in [3.63, 3.8) is 0 Å². The quantitative estimate of drug-likeness (QED) is 0.675. The van der Waals surface area contributed by atoms with Crippen LogP contribution in [0.5, 0.6) is 0 Å². The molecule has 29 heavy (non-hydrogen) atoms. The molecule has 1 aromatic heterocycles. The molecule has 2 aromatic carbocycles. The highest BCUT2D eigenvalue weighted by Gasteiger charge is 2.19. The number of amides is 1. The third kappa shape index (κ3) is 4.70. The highest BCUT2D eigenvalue weighted by molar-refractivity contribution is 5.96. The highest BCUT2D eigenvalue weighted by atomic mass is 19.1. The number of benzene rings is 2. The maximum atomic E-state index is 14.2. The molecule has 0 aliphatic rings. The molecule has 0 unspecified atom stereocenters. The Kier molecular flexibility index (Phi) is 5.55. The van der Waals surface area contributed by atoms with Gasteiger partial charge in [0.25, 0.3) is 5.91 Å². The van der Waals surface area contributed by atoms with Crippen LogP contribution in [0, 0.1) is 12.7 Å². The highest BCUT2D eigenvalue weighted by Crippen LogP contribution is 2.27. The molecule has 6 heteroatoms. The minimum Gasteiger partial charge on any atom is -0.347 e. The summed E-state index contributed by atoms with van der Waals surface area (Å²) in [4.78, 5) is 12.9. The molecular formula is C23H27FN4O. The standard InChI is InChI=1S/C23H27FN4O/c1-14(2)21-27-25-13-28(21)19-10-17(16-8-7-15(3)20(24)12-16)9-18(11-19)22(29)26-23(4,5)6/h7-14H,1-6H3,(H,26,29). The second-order valence-corrected chi connectivity index (χ2v) is 8.65. The summed E-state index contributed by atoms with van der Waals surface area (Å²) >= 11 is 0. The molecule has 0 saturated carbocycles. The first-order valence-corrected chi connectivity index (χ1v) is 9.69. The van der Waals surface area contributed by atoms with E-state index in [0.717, 1.165) is 17.1 Å². The minimum atomic E-state index is -0.372. The van der Waals surface area contributed by atoms with Gasteiger partial charge >= 0.3 is 0 Å². The lowest BCUT2D eigenvalue weighted by molar-refractivity contribution is 0.0919. The third-order valence-corrected chi connectivity index (χ3v) is 4.54. The van der Waals surface area contributed by atoms with Crippen molar-refractivity contribution in [2.75, 3.05) is 0 Å². The van der Waals surface area contributed by atoms with E-state index >= 15 is 0 Å². The lowest BCUT2D eigenvalue weighted by atomic mass is 9.99. The fraction of sp³-hybridized carbons (Fsp3) is 0.348. The lowest BCUT2D eigenvalue weighted by Gasteiger charge is -2.21. The first kappa shape index (κ1) is 20.7. The zero-order valence-corrected chi connectivity index (χ0v) is 17.7. The number of halogens is 1. The Morgan fingerprint density at radius 3 is 2.45 bits per heavy atom. The maximum absolute atomic E-state index is 14.2. The molecule has 0 radical (unpaired) electrons. The molecule has 0 atom stereocenters. The summed E-state index contributed by atoms with van der Waals surface area (Å²) in [6.07, 6.45) is 1.63. The van der Waals surface area contributed by atoms with Crippen LogP contribution in [-0.4, -0.2) is 26.2 Å². The van der Waals surface area contributed by atoms with E-state index in [9.17, 15) is 9.18 Å². The van der Waals surface area contributed by atoms with E-state index in [1.54, 1.807) is 25.4 Å². The summed E-state index contributed by atoms with van der Waals surface area (Å²) in [5.74, 6) is 0.484. The van der Waals surface area contributed by atoms with Crippen LogP contribution < -0.4 is 5.32 Å². The summed E-state index contributed by atoms with van der Waals surface area (Å²) in [6.45, 7) is 11.6. The molecule has 0 aliphatic carbocycles. The maximum Gasteiger partial charge on any atom is 0.251 e. The molecule has 0 fully saturated rings. The van der Waals surface area contributed by atoms with Crippen LogP contribution in [0.25, 0.3) is 16.8 Å². The van der Waals surface area contributed by atoms with Crippen LogP contribution in [0.1, 0.15) is 62.3 Å². The van der Waals surface area contributed by atoms with Crippen LogP contribution in [0.4, 0.5) is 4.39 Å². The van der Waals surface area contributed by atoms with Gasteiger partial charge in [0.1, 0.15) is 18.0 Å². The Labute approximate surface area is 171 Å². The van der Waals surface area contributed by atoms with Crippen molar-refractivity contribution in [3.8, 4) is 16.8 Å². The van der Waals surface area contributed by atoms with Gasteiger partial charge in [0, 0.05) is 22.7 Å². The van der Waals surface area contributed by atoms with Crippen molar-refractivity contribution < 1.29 is 9.18 Å². The van der Waals surface area contributed by atoms with Gasteiger partial charge in [-0.1, -0.05) is 26.0 Å². The van der Waals surface area contributed by atoms with E-state index in [-0.39, 0.29) is 23.2 Å². The predicted molar refractivity (Wildman–Crippen MR) is 113 cm³/mol. The van der Waals surface area contributed by atoms with Crippen LogP contribution in [0.3, 0.4) is 0 Å². The van der Waals surface area contributed by atoms with Crippen LogP contribution >= 0.6 is 0 Å². The fourth-order valence-electron chi connectivity index (χ4n) is 3.07. The molecule has 5 nitrogen and oxygen atoms in total. The first-order chi connectivity index (χ1) is 13.5. The molecular weight excluding hydrogens is 367 g/mol. The Balaban J connectivity index is 2.17. The van der Waals surface area contributed by atoms with Gasteiger partial charge in [0.05, 0.1) is 0 Å². The topological polar surface area (TPSA) is 59.8 Å². The van der Waals surface area contributed by atoms with Crippen LogP contribution in [-0.2, 0) is 0 Å². The van der Waals surface area contributed by atoms with E-state index in [1.807, 2.05) is 57.4 Å². The fourth-order valence-corrected chi connectivity index (χ4v) is 3.07. The van der Waals surface area contributed by atoms with E-state index in [1.165, 1.54) is 6.07 Å². The van der Waals surface area contributed by atoms with E-state index in [4.69, 9.17) is 0 Å². The van der Waals surface area contributed by atoms with Gasteiger partial charge in [-0.2, -0.15) is 0 Å². The van der Waals surface area contributed by atoms with E-state index < -0.39 is 0 Å². The van der Waals surface area contributed by atoms with Crippen molar-refractivity contribution in [3.05, 3.63) is 65.5 Å². The average molecular weight is 394 g/mol. The predicted octanol–water partition coefficient (Wildman–Crippen LogP) is 5.03. The number of aromatic nitrogens is 3. The molecule has 1 heterocycles. The minimum absolute atomic E-state index is 0.157. The number of rotatable bonds is 4. The smallest absolute Gasteiger partial charge is 0.251 e. The molecule has 3 aromatic rings. The molecule has 3 rings (SSSR count). The molecule has 0 spiro atoms. The molecule has 0 bridgehead atoms. The van der Waals surface area contributed by atoms with Crippen molar-refractivity contribution >= 4 is 5.91 Å². The Morgan fingerprint density at radius 1 is 1.10 bits per heavy atom. The van der Waals surface area contributed by atoms with Crippen LogP contribution in [0.2, 0.25) is 0 Å². The van der Waals surface area contributed by atoms with Gasteiger partial charge in [-0.15, -0.1) is 10.2 Å². The van der Waals surface area contributed by atoms with Crippen molar-refractivity contribution in [1.82, 2.24) is 20.1 Å². The van der Waals surface area contributed by atoms with Gasteiger partial charge in [-0.25, -0.2) is 4.39 Å². The van der Waals surface area contributed by atoms with Crippen molar-refractivity contribution in [2.45, 2.75) is 53.0 Å². The number of carbonyl (C=O) groups is 1. The largest absolute Gasteiger partial charge is 0.347 e. The van der Waals surface area contributed by atoms with Crippen molar-refractivity contribution in [2.24, 2.45) is 0 Å². The zero-order valence-electron chi connectivity index (χ0n) is 17.7. The molecule has 152 valence electrons. The molecule has 1 N–H and O–H groups in total. The lowest BCUT2D eigenvalue weighted by Crippen LogP contribution is -2.40. The Bertz CT molecular complexity index is 1050. The number of carbonyl (C=O) groups excluding carboxylic acids is 1. The number of aryl methyl sites for hydroxylation is 1.